The molecule has 0 spiro atoms. The molecule has 0 saturated carbocycles. The molecule has 0 atom stereocenters. The van der Waals surface area contributed by atoms with Gasteiger partial charge in [-0.1, -0.05) is 6.07 Å². The summed E-state index contributed by atoms with van der Waals surface area (Å²) in [6.45, 7) is 7.03. The molecule has 0 aliphatic carbocycles. The number of carbonyl (C=O) groups excluding carboxylic acids is 1. The fraction of sp³-hybridized carbons (Fsp3) is 0.417. The molecule has 2 heterocycles. The van der Waals surface area contributed by atoms with Crippen molar-refractivity contribution in [2.75, 3.05) is 20.2 Å². The number of aromatic nitrogens is 2. The monoisotopic (exact) mass is 425 g/mol. The van der Waals surface area contributed by atoms with Gasteiger partial charge in [0.15, 0.2) is 11.6 Å². The van der Waals surface area contributed by atoms with E-state index in [-0.39, 0.29) is 11.8 Å². The van der Waals surface area contributed by atoms with Gasteiger partial charge >= 0.3 is 6.09 Å². The minimum Gasteiger partial charge on any atom is -0.494 e. The van der Waals surface area contributed by atoms with Crippen LogP contribution in [0, 0.1) is 5.82 Å². The zero-order chi connectivity index (χ0) is 22.2. The van der Waals surface area contributed by atoms with Gasteiger partial charge in [0.25, 0.3) is 0 Å². The van der Waals surface area contributed by atoms with Gasteiger partial charge in [-0.2, -0.15) is 5.10 Å². The number of hydrogen-bond acceptors (Lipinski definition) is 4. The fourth-order valence-corrected chi connectivity index (χ4v) is 4.01. The molecule has 4 rings (SSSR count). The van der Waals surface area contributed by atoms with Crippen molar-refractivity contribution >= 4 is 17.0 Å². The number of nitrogens with zero attached hydrogens (tertiary/aromatic N) is 3. The maximum absolute atomic E-state index is 13.8. The number of rotatable bonds is 3. The van der Waals surface area contributed by atoms with Gasteiger partial charge in [-0.3, -0.25) is 0 Å². The van der Waals surface area contributed by atoms with Gasteiger partial charge in [0, 0.05) is 24.5 Å². The Kier molecular flexibility index (Phi) is 5.60. The lowest BCUT2D eigenvalue weighted by molar-refractivity contribution is 0.0205. The Morgan fingerprint density at radius 1 is 1.13 bits per heavy atom. The second-order valence-corrected chi connectivity index (χ2v) is 8.94. The third-order valence-corrected chi connectivity index (χ3v) is 5.59. The Hall–Kier alpha value is -3.09. The van der Waals surface area contributed by atoms with Gasteiger partial charge in [0.1, 0.15) is 5.60 Å². The number of ether oxygens (including phenoxy) is 2. The summed E-state index contributed by atoms with van der Waals surface area (Å²) in [5.74, 6) is 0.176. The number of benzene rings is 2. The molecule has 1 amide bonds. The first-order chi connectivity index (χ1) is 14.7. The van der Waals surface area contributed by atoms with E-state index in [0.717, 1.165) is 29.4 Å². The van der Waals surface area contributed by atoms with E-state index in [4.69, 9.17) is 9.47 Å². The summed E-state index contributed by atoms with van der Waals surface area (Å²) >= 11 is 0. The summed E-state index contributed by atoms with van der Waals surface area (Å²) in [5.41, 5.74) is 2.45. The molecule has 1 saturated heterocycles. The van der Waals surface area contributed by atoms with Crippen molar-refractivity contribution < 1.29 is 18.7 Å². The zero-order valence-corrected chi connectivity index (χ0v) is 18.4. The van der Waals surface area contributed by atoms with Crippen LogP contribution in [-0.2, 0) is 4.74 Å². The van der Waals surface area contributed by atoms with Crippen molar-refractivity contribution in [3.63, 3.8) is 0 Å². The van der Waals surface area contributed by atoms with Crippen molar-refractivity contribution in [3.05, 3.63) is 54.0 Å². The number of carbonyl (C=O) groups is 1. The maximum atomic E-state index is 13.8. The Labute approximate surface area is 181 Å². The first kappa shape index (κ1) is 21.2. The molecule has 0 N–H and O–H groups in total. The number of hydrogen-bond donors (Lipinski definition) is 0. The molecule has 6 nitrogen and oxygen atoms in total. The summed E-state index contributed by atoms with van der Waals surface area (Å²) in [6.07, 6.45) is 3.38. The lowest BCUT2D eigenvalue weighted by Crippen LogP contribution is -2.41. The van der Waals surface area contributed by atoms with E-state index in [1.165, 1.54) is 18.7 Å². The topological polar surface area (TPSA) is 56.6 Å². The molecule has 0 bridgehead atoms. The third-order valence-electron chi connectivity index (χ3n) is 5.59. The number of fused-ring (bicyclic) bond motifs is 1. The molecular formula is C24H28FN3O3. The maximum Gasteiger partial charge on any atom is 0.410 e. The average molecular weight is 426 g/mol. The number of likely N-dealkylation sites (tertiary alicyclic amines) is 1. The highest BCUT2D eigenvalue weighted by Crippen LogP contribution is 2.32. The van der Waals surface area contributed by atoms with Gasteiger partial charge in [0.2, 0.25) is 0 Å². The van der Waals surface area contributed by atoms with Crippen LogP contribution in [0.2, 0.25) is 0 Å². The molecule has 1 aromatic heterocycles. The van der Waals surface area contributed by atoms with E-state index in [9.17, 15) is 9.18 Å². The minimum atomic E-state index is -0.479. The molecule has 1 aliphatic heterocycles. The quantitative estimate of drug-likeness (QED) is 0.572. The highest BCUT2D eigenvalue weighted by Gasteiger charge is 2.27. The van der Waals surface area contributed by atoms with Crippen molar-refractivity contribution in [2.45, 2.75) is 45.1 Å². The lowest BCUT2D eigenvalue weighted by atomic mass is 9.89. The van der Waals surface area contributed by atoms with Gasteiger partial charge in [-0.05, 0) is 69.4 Å². The number of methoxy groups -OCH3 is 1. The van der Waals surface area contributed by atoms with Crippen LogP contribution < -0.4 is 4.74 Å². The number of halogens is 1. The second kappa shape index (κ2) is 8.21. The standard InChI is InChI=1S/C24H28FN3O3/c1-24(2,3)31-23(29)27-11-9-16(10-12-27)17-5-8-21-18(13-17)15-26-28(21)19-6-7-20(25)22(14-19)30-4/h5-8,13-16H,9-12H2,1-4H3. The van der Waals surface area contributed by atoms with Crippen LogP contribution >= 0.6 is 0 Å². The summed E-state index contributed by atoms with van der Waals surface area (Å²) in [4.78, 5) is 14.1. The first-order valence-electron chi connectivity index (χ1n) is 10.5. The highest BCUT2D eigenvalue weighted by atomic mass is 19.1. The first-order valence-corrected chi connectivity index (χ1v) is 10.5. The molecule has 0 unspecified atom stereocenters. The highest BCUT2D eigenvalue weighted by molar-refractivity contribution is 5.81. The van der Waals surface area contributed by atoms with E-state index in [0.29, 0.717) is 19.0 Å². The van der Waals surface area contributed by atoms with Gasteiger partial charge in [0.05, 0.1) is 24.5 Å². The fourth-order valence-electron chi connectivity index (χ4n) is 4.01. The van der Waals surface area contributed by atoms with Gasteiger partial charge in [-0.15, -0.1) is 0 Å². The summed E-state index contributed by atoms with van der Waals surface area (Å²) in [5, 5.41) is 5.52. The van der Waals surface area contributed by atoms with E-state index in [1.54, 1.807) is 21.7 Å². The van der Waals surface area contributed by atoms with Crippen LogP contribution in [0.15, 0.2) is 42.6 Å². The van der Waals surface area contributed by atoms with E-state index in [1.807, 2.05) is 33.0 Å². The Morgan fingerprint density at radius 3 is 2.55 bits per heavy atom. The van der Waals surface area contributed by atoms with Gasteiger partial charge in [-0.25, -0.2) is 13.9 Å². The predicted molar refractivity (Wildman–Crippen MR) is 117 cm³/mol. The van der Waals surface area contributed by atoms with Crippen molar-refractivity contribution in [1.29, 1.82) is 0 Å². The summed E-state index contributed by atoms with van der Waals surface area (Å²) in [6, 6.07) is 11.0. The van der Waals surface area contributed by atoms with Crippen molar-refractivity contribution in [3.8, 4) is 11.4 Å². The van der Waals surface area contributed by atoms with E-state index >= 15 is 0 Å². The predicted octanol–water partition coefficient (Wildman–Crippen LogP) is 5.29. The molecule has 7 heteroatoms. The molecule has 0 radical (unpaired) electrons. The van der Waals surface area contributed by atoms with Crippen LogP contribution in [0.1, 0.15) is 45.1 Å². The molecule has 2 aromatic carbocycles. The van der Waals surface area contributed by atoms with Crippen LogP contribution in [0.4, 0.5) is 9.18 Å². The Morgan fingerprint density at radius 2 is 1.87 bits per heavy atom. The lowest BCUT2D eigenvalue weighted by Gasteiger charge is -2.33. The average Bonchev–Trinajstić information content (AvgIpc) is 3.16. The largest absolute Gasteiger partial charge is 0.494 e. The zero-order valence-electron chi connectivity index (χ0n) is 18.4. The van der Waals surface area contributed by atoms with E-state index in [2.05, 4.69) is 17.2 Å². The van der Waals surface area contributed by atoms with Crippen LogP contribution in [0.25, 0.3) is 16.6 Å². The summed E-state index contributed by atoms with van der Waals surface area (Å²) in [7, 11) is 1.45. The van der Waals surface area contributed by atoms with Gasteiger partial charge < -0.3 is 14.4 Å². The molecular weight excluding hydrogens is 397 g/mol. The molecule has 31 heavy (non-hydrogen) atoms. The summed E-state index contributed by atoms with van der Waals surface area (Å²) < 4.78 is 26.1. The van der Waals surface area contributed by atoms with Crippen molar-refractivity contribution in [1.82, 2.24) is 14.7 Å². The normalized spacial score (nSPS) is 15.3. The smallest absolute Gasteiger partial charge is 0.410 e. The molecule has 3 aromatic rings. The molecule has 1 aliphatic rings. The molecule has 1 fully saturated rings. The second-order valence-electron chi connectivity index (χ2n) is 8.94. The Bertz CT molecular complexity index is 1100. The minimum absolute atomic E-state index is 0.189. The Balaban J connectivity index is 1.50. The van der Waals surface area contributed by atoms with Crippen LogP contribution in [0.5, 0.6) is 5.75 Å². The van der Waals surface area contributed by atoms with Crippen LogP contribution in [-0.4, -0.2) is 46.6 Å². The van der Waals surface area contributed by atoms with Crippen molar-refractivity contribution in [2.24, 2.45) is 0 Å². The van der Waals surface area contributed by atoms with E-state index < -0.39 is 11.4 Å². The molecule has 164 valence electrons. The number of amides is 1. The SMILES string of the molecule is COc1cc(-n2ncc3cc(C4CCN(C(=O)OC(C)(C)C)CC4)ccc32)ccc1F. The van der Waals surface area contributed by atoms with Crippen LogP contribution in [0.3, 0.4) is 0 Å². The number of piperidine rings is 1. The third kappa shape index (κ3) is 4.50.